The molecule has 6 rings (SSSR count). The Labute approximate surface area is 360 Å². The minimum absolute atomic E-state index is 0.0798. The van der Waals surface area contributed by atoms with Crippen LogP contribution >= 0.6 is 7.92 Å². The van der Waals surface area contributed by atoms with Gasteiger partial charge >= 0.3 is 0 Å². The summed E-state index contributed by atoms with van der Waals surface area (Å²) in [7, 11) is -1.01. The third-order valence-corrected chi connectivity index (χ3v) is 16.6. The van der Waals surface area contributed by atoms with E-state index >= 15 is 0 Å². The number of carbonyl (C=O) groups is 1. The van der Waals surface area contributed by atoms with E-state index in [1.807, 2.05) is 0 Å². The van der Waals surface area contributed by atoms with E-state index in [4.69, 9.17) is 0 Å². The summed E-state index contributed by atoms with van der Waals surface area (Å²) < 4.78 is 0. The number of ketones is 1. The second-order valence-electron chi connectivity index (χ2n) is 19.8. The van der Waals surface area contributed by atoms with Gasteiger partial charge in [0.2, 0.25) is 0 Å². The highest BCUT2D eigenvalue weighted by Gasteiger charge is 2.44. The summed E-state index contributed by atoms with van der Waals surface area (Å²) in [6.07, 6.45) is 1.15. The number of benzene rings is 5. The summed E-state index contributed by atoms with van der Waals surface area (Å²) in [5.74, 6) is 2.61. The smallest absolute Gasteiger partial charge is 0.134 e. The van der Waals surface area contributed by atoms with E-state index < -0.39 is 7.92 Å². The zero-order chi connectivity index (χ0) is 43.2. The number of hydrogen-bond donors (Lipinski definition) is 0. The van der Waals surface area contributed by atoms with Gasteiger partial charge in [0.1, 0.15) is 5.78 Å². The molecule has 0 bridgehead atoms. The highest BCUT2D eigenvalue weighted by Crippen LogP contribution is 2.69. The molecule has 2 atom stereocenters. The molecule has 0 aliphatic carbocycles. The van der Waals surface area contributed by atoms with Crippen molar-refractivity contribution in [2.75, 3.05) is 0 Å². The van der Waals surface area contributed by atoms with Crippen LogP contribution in [-0.4, -0.2) is 5.78 Å². The van der Waals surface area contributed by atoms with Gasteiger partial charge in [0.05, 0.1) is 0 Å². The van der Waals surface area contributed by atoms with Crippen molar-refractivity contribution in [1.82, 2.24) is 0 Å². The van der Waals surface area contributed by atoms with Gasteiger partial charge in [-0.05, 0) is 158 Å². The first-order valence-corrected chi connectivity index (χ1v) is 24.2. The molecule has 5 aromatic rings. The average Bonchev–Trinajstić information content (AvgIpc) is 3.16. The van der Waals surface area contributed by atoms with Crippen molar-refractivity contribution in [2.45, 2.75) is 170 Å². The Kier molecular flexibility index (Phi) is 13.7. The van der Waals surface area contributed by atoms with Gasteiger partial charge in [-0.3, -0.25) is 4.79 Å². The van der Waals surface area contributed by atoms with Crippen molar-refractivity contribution >= 4 is 19.0 Å². The fourth-order valence-electron chi connectivity index (χ4n) is 10.2. The van der Waals surface area contributed by atoms with Crippen molar-refractivity contribution in [3.05, 3.63) is 146 Å². The molecule has 1 aliphatic heterocycles. The molecule has 312 valence electrons. The first kappa shape index (κ1) is 44.7. The van der Waals surface area contributed by atoms with Crippen LogP contribution in [0.4, 0.5) is 0 Å². The van der Waals surface area contributed by atoms with Crippen LogP contribution in [0.3, 0.4) is 0 Å². The van der Waals surface area contributed by atoms with E-state index in [9.17, 15) is 4.79 Å². The fourth-order valence-corrected chi connectivity index (χ4v) is 14.3. The van der Waals surface area contributed by atoms with Crippen molar-refractivity contribution in [3.8, 4) is 22.3 Å². The summed E-state index contributed by atoms with van der Waals surface area (Å²) in [4.78, 5) is 14.5. The zero-order valence-electron chi connectivity index (χ0n) is 39.4. The maximum atomic E-state index is 14.5. The van der Waals surface area contributed by atoms with Gasteiger partial charge in [0.25, 0.3) is 0 Å². The molecule has 0 amide bonds. The van der Waals surface area contributed by atoms with E-state index in [1.54, 1.807) is 0 Å². The van der Waals surface area contributed by atoms with Gasteiger partial charge in [-0.2, -0.15) is 0 Å². The Morgan fingerprint density at radius 1 is 0.441 bits per heavy atom. The lowest BCUT2D eigenvalue weighted by Crippen LogP contribution is -2.28. The second kappa shape index (κ2) is 18.0. The average molecular weight is 805 g/mol. The van der Waals surface area contributed by atoms with E-state index in [1.165, 1.54) is 94.3 Å². The number of aryl methyl sites for hydroxylation is 4. The van der Waals surface area contributed by atoms with Crippen LogP contribution in [0.25, 0.3) is 22.3 Å². The molecule has 1 heterocycles. The predicted octanol–water partition coefficient (Wildman–Crippen LogP) is 16.9. The van der Waals surface area contributed by atoms with Crippen LogP contribution in [-0.2, 0) is 4.79 Å². The Hall–Kier alpha value is -3.80. The standard InChI is InChI=1S/C57H73OP/c1-32(2)42-26-47(34(5)6)55(48(27-42)35(7)8)45-24-19-25-46(56-49(36(9)10)28-43(33(3)4)29-50(56)37(11)12)57(45)59-51(53-38(13)20-17-21-39(53)14)30-44(58)31-52(59)54-40(15)22-18-23-41(54)16/h17-29,32-37,51-52H,30-31H2,1-16H3. The number of Topliss-reactive ketones (excluding diaryl/α,β-unsaturated/α-hetero) is 1. The molecule has 59 heavy (non-hydrogen) atoms. The van der Waals surface area contributed by atoms with Crippen LogP contribution in [0.1, 0.15) is 210 Å². The molecule has 1 saturated heterocycles. The van der Waals surface area contributed by atoms with E-state index in [-0.39, 0.29) is 11.3 Å². The van der Waals surface area contributed by atoms with Gasteiger partial charge in [0, 0.05) is 24.2 Å². The molecular formula is C57H73OP. The maximum Gasteiger partial charge on any atom is 0.134 e. The lowest BCUT2D eigenvalue weighted by atomic mass is 9.79. The Balaban J connectivity index is 1.92. The summed E-state index contributed by atoms with van der Waals surface area (Å²) in [6.45, 7) is 37.6. The van der Waals surface area contributed by atoms with E-state index in [0.29, 0.717) is 54.1 Å². The number of carbonyl (C=O) groups excluding carboxylic acids is 1. The zero-order valence-corrected chi connectivity index (χ0v) is 40.3. The number of hydrogen-bond acceptors (Lipinski definition) is 1. The summed E-state index contributed by atoms with van der Waals surface area (Å²) in [5.41, 5.74) is 22.4. The third-order valence-electron chi connectivity index (χ3n) is 13.4. The van der Waals surface area contributed by atoms with E-state index in [0.717, 1.165) is 0 Å². The molecule has 0 radical (unpaired) electrons. The van der Waals surface area contributed by atoms with Crippen LogP contribution in [0.5, 0.6) is 0 Å². The van der Waals surface area contributed by atoms with Crippen molar-refractivity contribution < 1.29 is 4.79 Å². The molecule has 0 saturated carbocycles. The monoisotopic (exact) mass is 805 g/mol. The highest BCUT2D eigenvalue weighted by atomic mass is 31.1. The third kappa shape index (κ3) is 8.71. The van der Waals surface area contributed by atoms with Crippen molar-refractivity contribution in [1.29, 1.82) is 0 Å². The first-order chi connectivity index (χ1) is 27.8. The Morgan fingerprint density at radius 2 is 0.729 bits per heavy atom. The molecule has 1 aliphatic rings. The molecule has 0 aromatic heterocycles. The maximum absolute atomic E-state index is 14.5. The van der Waals surface area contributed by atoms with Crippen LogP contribution in [0.2, 0.25) is 0 Å². The minimum atomic E-state index is -1.01. The van der Waals surface area contributed by atoms with Gasteiger partial charge in [0.15, 0.2) is 0 Å². The lowest BCUT2D eigenvalue weighted by Gasteiger charge is -2.43. The lowest BCUT2D eigenvalue weighted by molar-refractivity contribution is -0.119. The van der Waals surface area contributed by atoms with E-state index in [2.05, 4.69) is 190 Å². The molecule has 0 spiro atoms. The van der Waals surface area contributed by atoms with Gasteiger partial charge in [-0.25, -0.2) is 0 Å². The molecular weight excluding hydrogens is 732 g/mol. The molecule has 2 heteroatoms. The molecule has 5 aromatic carbocycles. The van der Waals surface area contributed by atoms with Crippen LogP contribution in [0.15, 0.2) is 78.9 Å². The molecule has 2 unspecified atom stereocenters. The fraction of sp³-hybridized carbons (Fsp3) is 0.456. The van der Waals surface area contributed by atoms with Gasteiger partial charge in [-0.15, -0.1) is 0 Å². The topological polar surface area (TPSA) is 17.1 Å². The Morgan fingerprint density at radius 3 is 1.00 bits per heavy atom. The largest absolute Gasteiger partial charge is 0.300 e. The summed E-state index contributed by atoms with van der Waals surface area (Å²) >= 11 is 0. The van der Waals surface area contributed by atoms with Gasteiger partial charge in [-0.1, -0.05) is 170 Å². The first-order valence-electron chi connectivity index (χ1n) is 22.7. The van der Waals surface area contributed by atoms with Crippen LogP contribution in [0, 0.1) is 27.7 Å². The SMILES string of the molecule is Cc1cccc(C)c1C1CC(=O)CC(c2c(C)cccc2C)P1c1c(-c2c(C(C)C)cc(C(C)C)cc2C(C)C)cccc1-c1c(C(C)C)cc(C(C)C)cc1C(C)C. The quantitative estimate of drug-likeness (QED) is 0.122. The van der Waals surface area contributed by atoms with Crippen molar-refractivity contribution in [2.24, 2.45) is 0 Å². The number of rotatable bonds is 11. The normalized spacial score (nSPS) is 17.5. The summed E-state index contributed by atoms with van der Waals surface area (Å²) in [5, 5.41) is 1.50. The highest BCUT2D eigenvalue weighted by molar-refractivity contribution is 7.67. The molecule has 0 N–H and O–H groups in total. The van der Waals surface area contributed by atoms with Crippen molar-refractivity contribution in [3.63, 3.8) is 0 Å². The second-order valence-corrected chi connectivity index (χ2v) is 22.3. The predicted molar refractivity (Wildman–Crippen MR) is 260 cm³/mol. The molecule has 1 nitrogen and oxygen atoms in total. The Bertz CT molecular complexity index is 2080. The summed E-state index contributed by atoms with van der Waals surface area (Å²) in [6, 6.07) is 31.0. The van der Waals surface area contributed by atoms with Gasteiger partial charge < -0.3 is 0 Å². The molecule has 1 fully saturated rings. The minimum Gasteiger partial charge on any atom is -0.300 e. The van der Waals surface area contributed by atoms with Crippen LogP contribution < -0.4 is 5.30 Å².